The normalized spacial score (nSPS) is 18.2. The van der Waals surface area contributed by atoms with Gasteiger partial charge in [-0.1, -0.05) is 13.8 Å². The van der Waals surface area contributed by atoms with Crippen molar-refractivity contribution in [2.75, 3.05) is 18.4 Å². The summed E-state index contributed by atoms with van der Waals surface area (Å²) in [6, 6.07) is 3.51. The van der Waals surface area contributed by atoms with Gasteiger partial charge in [-0.2, -0.15) is 0 Å². The predicted octanol–water partition coefficient (Wildman–Crippen LogP) is 3.49. The van der Waals surface area contributed by atoms with Crippen molar-refractivity contribution in [3.05, 3.63) is 24.0 Å². The first-order chi connectivity index (χ1) is 9.06. The molecule has 0 unspecified atom stereocenters. The maximum Gasteiger partial charge on any atom is 0.0531 e. The molecule has 2 rings (SSSR count). The molecule has 0 bridgehead atoms. The van der Waals surface area contributed by atoms with E-state index in [9.17, 15) is 0 Å². The van der Waals surface area contributed by atoms with Crippen LogP contribution in [0.2, 0.25) is 0 Å². The molecular weight excluding hydrogens is 234 g/mol. The van der Waals surface area contributed by atoms with Crippen LogP contribution < -0.4 is 5.32 Å². The number of pyridine rings is 1. The Morgan fingerprint density at radius 3 is 2.42 bits per heavy atom. The Labute approximate surface area is 117 Å². The molecule has 0 radical (unpaired) electrons. The van der Waals surface area contributed by atoms with Crippen LogP contribution in [0.5, 0.6) is 0 Å². The minimum Gasteiger partial charge on any atom is -0.381 e. The Balaban J connectivity index is 1.90. The lowest BCUT2D eigenvalue weighted by Crippen LogP contribution is -2.42. The van der Waals surface area contributed by atoms with E-state index in [2.05, 4.69) is 49.0 Å². The van der Waals surface area contributed by atoms with Gasteiger partial charge < -0.3 is 10.2 Å². The molecule has 3 nitrogen and oxygen atoms in total. The number of nitrogens with one attached hydrogen (secondary N) is 1. The van der Waals surface area contributed by atoms with Crippen molar-refractivity contribution in [2.24, 2.45) is 0 Å². The Kier molecular flexibility index (Phi) is 4.81. The lowest BCUT2D eigenvalue weighted by Gasteiger charge is -2.35. The summed E-state index contributed by atoms with van der Waals surface area (Å²) in [6.07, 6.45) is 6.37. The van der Waals surface area contributed by atoms with Crippen LogP contribution in [0.4, 0.5) is 5.69 Å². The van der Waals surface area contributed by atoms with E-state index in [1.165, 1.54) is 37.2 Å². The fourth-order valence-electron chi connectivity index (χ4n) is 2.65. The highest BCUT2D eigenvalue weighted by Crippen LogP contribution is 2.20. The first-order valence-electron chi connectivity index (χ1n) is 7.52. The third-order valence-electron chi connectivity index (χ3n) is 4.06. The second-order valence-corrected chi connectivity index (χ2v) is 6.21. The SMILES string of the molecule is CC(C)c1cncc(NC2CCN(C(C)C)CC2)c1. The van der Waals surface area contributed by atoms with Crippen LogP contribution in [0, 0.1) is 0 Å². The van der Waals surface area contributed by atoms with E-state index in [1.807, 2.05) is 12.4 Å². The smallest absolute Gasteiger partial charge is 0.0531 e. The van der Waals surface area contributed by atoms with E-state index in [4.69, 9.17) is 0 Å². The minimum atomic E-state index is 0.539. The fraction of sp³-hybridized carbons (Fsp3) is 0.688. The van der Waals surface area contributed by atoms with Crippen LogP contribution in [-0.4, -0.2) is 35.1 Å². The molecule has 0 atom stereocenters. The summed E-state index contributed by atoms with van der Waals surface area (Å²) in [5.41, 5.74) is 2.49. The van der Waals surface area contributed by atoms with Gasteiger partial charge >= 0.3 is 0 Å². The van der Waals surface area contributed by atoms with Crippen molar-refractivity contribution in [1.82, 2.24) is 9.88 Å². The summed E-state index contributed by atoms with van der Waals surface area (Å²) in [5.74, 6) is 0.539. The third-order valence-corrected chi connectivity index (χ3v) is 4.06. The summed E-state index contributed by atoms with van der Waals surface area (Å²) in [5, 5.41) is 3.65. The summed E-state index contributed by atoms with van der Waals surface area (Å²) in [7, 11) is 0. The standard InChI is InChI=1S/C16H27N3/c1-12(2)14-9-16(11-17-10-14)18-15-5-7-19(8-6-15)13(3)4/h9-13,15,18H,5-8H2,1-4H3. The maximum absolute atomic E-state index is 4.34. The summed E-state index contributed by atoms with van der Waals surface area (Å²) in [6.45, 7) is 11.4. The van der Waals surface area contributed by atoms with Crippen molar-refractivity contribution >= 4 is 5.69 Å². The van der Waals surface area contributed by atoms with Gasteiger partial charge in [-0.15, -0.1) is 0 Å². The number of aromatic nitrogens is 1. The van der Waals surface area contributed by atoms with Crippen LogP contribution in [0.15, 0.2) is 18.5 Å². The van der Waals surface area contributed by atoms with E-state index in [1.54, 1.807) is 0 Å². The number of hydrogen-bond acceptors (Lipinski definition) is 3. The molecule has 1 N–H and O–H groups in total. The number of rotatable bonds is 4. The van der Waals surface area contributed by atoms with Crippen LogP contribution in [0.1, 0.15) is 52.0 Å². The molecule has 1 aliphatic rings. The van der Waals surface area contributed by atoms with Gasteiger partial charge in [-0.3, -0.25) is 4.98 Å². The van der Waals surface area contributed by atoms with Crippen molar-refractivity contribution in [3.63, 3.8) is 0 Å². The number of hydrogen-bond donors (Lipinski definition) is 1. The van der Waals surface area contributed by atoms with Crippen molar-refractivity contribution in [1.29, 1.82) is 0 Å². The average Bonchev–Trinajstić information content (AvgIpc) is 2.39. The molecule has 1 aliphatic heterocycles. The zero-order valence-electron chi connectivity index (χ0n) is 12.7. The fourth-order valence-corrected chi connectivity index (χ4v) is 2.65. The van der Waals surface area contributed by atoms with Gasteiger partial charge in [-0.25, -0.2) is 0 Å². The first-order valence-corrected chi connectivity index (χ1v) is 7.52. The number of anilines is 1. The highest BCUT2D eigenvalue weighted by Gasteiger charge is 2.20. The molecule has 1 fully saturated rings. The molecule has 1 saturated heterocycles. The Bertz CT molecular complexity index is 393. The number of likely N-dealkylation sites (tertiary alicyclic amines) is 1. The molecule has 3 heteroatoms. The van der Waals surface area contributed by atoms with E-state index >= 15 is 0 Å². The van der Waals surface area contributed by atoms with Crippen molar-refractivity contribution < 1.29 is 0 Å². The summed E-state index contributed by atoms with van der Waals surface area (Å²) in [4.78, 5) is 6.90. The molecule has 106 valence electrons. The number of piperidine rings is 1. The van der Waals surface area contributed by atoms with E-state index < -0.39 is 0 Å². The number of nitrogens with zero attached hydrogens (tertiary/aromatic N) is 2. The van der Waals surface area contributed by atoms with Gasteiger partial charge in [0.15, 0.2) is 0 Å². The zero-order valence-corrected chi connectivity index (χ0v) is 12.7. The molecule has 2 heterocycles. The zero-order chi connectivity index (χ0) is 13.8. The summed E-state index contributed by atoms with van der Waals surface area (Å²) < 4.78 is 0. The molecule has 0 amide bonds. The predicted molar refractivity (Wildman–Crippen MR) is 81.7 cm³/mol. The highest BCUT2D eigenvalue weighted by atomic mass is 15.2. The van der Waals surface area contributed by atoms with Crippen LogP contribution in [-0.2, 0) is 0 Å². The second-order valence-electron chi connectivity index (χ2n) is 6.21. The third kappa shape index (κ3) is 3.93. The molecular formula is C16H27N3. The van der Waals surface area contributed by atoms with Crippen molar-refractivity contribution in [3.8, 4) is 0 Å². The quantitative estimate of drug-likeness (QED) is 0.899. The molecule has 1 aromatic rings. The van der Waals surface area contributed by atoms with Gasteiger partial charge in [0, 0.05) is 37.6 Å². The van der Waals surface area contributed by atoms with Gasteiger partial charge in [-0.05, 0) is 44.2 Å². The highest BCUT2D eigenvalue weighted by molar-refractivity contribution is 5.44. The molecule has 0 saturated carbocycles. The maximum atomic E-state index is 4.34. The van der Waals surface area contributed by atoms with Crippen LogP contribution >= 0.6 is 0 Å². The van der Waals surface area contributed by atoms with Crippen LogP contribution in [0.25, 0.3) is 0 Å². The average molecular weight is 261 g/mol. The topological polar surface area (TPSA) is 28.2 Å². The molecule has 0 spiro atoms. The molecule has 19 heavy (non-hydrogen) atoms. The van der Waals surface area contributed by atoms with Crippen molar-refractivity contribution in [2.45, 2.75) is 58.5 Å². The monoisotopic (exact) mass is 261 g/mol. The Morgan fingerprint density at radius 2 is 1.84 bits per heavy atom. The lowest BCUT2D eigenvalue weighted by atomic mass is 10.0. The van der Waals surface area contributed by atoms with Gasteiger partial charge in [0.25, 0.3) is 0 Å². The van der Waals surface area contributed by atoms with Gasteiger partial charge in [0.2, 0.25) is 0 Å². The van der Waals surface area contributed by atoms with E-state index in [0.717, 1.165) is 0 Å². The van der Waals surface area contributed by atoms with Crippen LogP contribution in [0.3, 0.4) is 0 Å². The van der Waals surface area contributed by atoms with E-state index in [0.29, 0.717) is 18.0 Å². The van der Waals surface area contributed by atoms with Gasteiger partial charge in [0.05, 0.1) is 5.69 Å². The van der Waals surface area contributed by atoms with E-state index in [-0.39, 0.29) is 0 Å². The minimum absolute atomic E-state index is 0.539. The Morgan fingerprint density at radius 1 is 1.16 bits per heavy atom. The lowest BCUT2D eigenvalue weighted by molar-refractivity contribution is 0.177. The Hall–Kier alpha value is -1.09. The molecule has 0 aromatic carbocycles. The molecule has 0 aliphatic carbocycles. The largest absolute Gasteiger partial charge is 0.381 e. The summed E-state index contributed by atoms with van der Waals surface area (Å²) >= 11 is 0. The molecule has 1 aromatic heterocycles. The first kappa shape index (κ1) is 14.3. The second kappa shape index (κ2) is 6.38. The van der Waals surface area contributed by atoms with Gasteiger partial charge in [0.1, 0.15) is 0 Å².